The molecule has 0 radical (unpaired) electrons. The fourth-order valence-corrected chi connectivity index (χ4v) is 0.919. The second-order valence-corrected chi connectivity index (χ2v) is 5.80. The Bertz CT molecular complexity index is 247. The molecule has 2 nitrogen and oxygen atoms in total. The molecule has 17 heavy (non-hydrogen) atoms. The second kappa shape index (κ2) is 5.63. The Labute approximate surface area is 101 Å². The Morgan fingerprint density at radius 1 is 1.18 bits per heavy atom. The first-order valence-corrected chi connectivity index (χ1v) is 6.93. The molecule has 0 unspecified atom stereocenters. The summed E-state index contributed by atoms with van der Waals surface area (Å²) in [6.45, 7) is 4.08. The maximum absolute atomic E-state index is 10.7. The van der Waals surface area contributed by atoms with E-state index in [1.54, 1.807) is 0 Å². The molecule has 2 N–H and O–H groups in total. The molecule has 0 aromatic heterocycles. The van der Waals surface area contributed by atoms with Gasteiger partial charge in [0.05, 0.1) is 11.6 Å². The Kier molecular flexibility index (Phi) is 6.34. The number of quaternary nitrogens is 1. The maximum atomic E-state index is 9.87. The number of nitrogens with zero attached hydrogens (tertiary/aromatic N) is 1. The summed E-state index contributed by atoms with van der Waals surface area (Å²) in [4.78, 5) is 1.95. The minimum absolute atomic E-state index is 0.885. The van der Waals surface area contributed by atoms with Crippen molar-refractivity contribution in [2.75, 3.05) is 27.2 Å². The van der Waals surface area contributed by atoms with Gasteiger partial charge in [0, 0.05) is 20.3 Å². The predicted molar refractivity (Wildman–Crippen MR) is 58.5 cm³/mol. The first kappa shape index (κ1) is 19.1. The third kappa shape index (κ3) is 49.5. The van der Waals surface area contributed by atoms with Crippen LogP contribution in [-0.2, 0) is 0 Å². The number of likely N-dealkylation sites (N-methyl/N-ethyl adjacent to an activating group) is 1. The van der Waals surface area contributed by atoms with Gasteiger partial charge in [-0.25, -0.2) is 0 Å². The normalized spacial score (nSPS) is 16.5. The van der Waals surface area contributed by atoms with Crippen LogP contribution in [0.15, 0.2) is 11.2 Å². The predicted octanol–water partition coefficient (Wildman–Crippen LogP) is 3.59. The summed E-state index contributed by atoms with van der Waals surface area (Å²) in [6, 6.07) is 0. The van der Waals surface area contributed by atoms with Crippen molar-refractivity contribution in [3.63, 3.8) is 0 Å². The van der Waals surface area contributed by atoms with Gasteiger partial charge in [0.25, 0.3) is 0 Å². The van der Waals surface area contributed by atoms with Crippen LogP contribution in [-0.4, -0.2) is 32.1 Å². The molecule has 0 aliphatic heterocycles. The van der Waals surface area contributed by atoms with Crippen molar-refractivity contribution < 1.29 is 30.5 Å². The van der Waals surface area contributed by atoms with Crippen molar-refractivity contribution in [2.45, 2.75) is 6.92 Å². The van der Waals surface area contributed by atoms with Crippen LogP contribution in [0.3, 0.4) is 0 Å². The zero-order valence-electron chi connectivity index (χ0n) is 9.61. The molecule has 0 saturated carbocycles. The molecular formula is C7H16ClF6N2P. The Balaban J connectivity index is 0. The van der Waals surface area contributed by atoms with Crippen LogP contribution in [0.5, 0.6) is 0 Å². The Morgan fingerprint density at radius 3 is 1.76 bits per heavy atom. The molecular weight excluding hydrogens is 293 g/mol. The van der Waals surface area contributed by atoms with Gasteiger partial charge in [-0.2, -0.15) is 0 Å². The van der Waals surface area contributed by atoms with Crippen LogP contribution in [0.25, 0.3) is 0 Å². The van der Waals surface area contributed by atoms with Gasteiger partial charge in [0.15, 0.2) is 0 Å². The van der Waals surface area contributed by atoms with E-state index in [-0.39, 0.29) is 0 Å². The molecule has 0 rings (SSSR count). The third-order valence-corrected chi connectivity index (χ3v) is 1.28. The zero-order valence-corrected chi connectivity index (χ0v) is 11.3. The molecule has 0 atom stereocenters. The second-order valence-electron chi connectivity index (χ2n) is 3.40. The molecule has 10 heteroatoms. The number of hydrogen-bond acceptors (Lipinski definition) is 1. The summed E-state index contributed by atoms with van der Waals surface area (Å²) in [5.41, 5.74) is 0. The van der Waals surface area contributed by atoms with Crippen LogP contribution in [0.2, 0.25) is 0 Å². The van der Waals surface area contributed by atoms with Gasteiger partial charge in [-0.1, -0.05) is 11.6 Å². The van der Waals surface area contributed by atoms with Crippen LogP contribution in [0.4, 0.5) is 25.2 Å². The van der Waals surface area contributed by atoms with Gasteiger partial charge in [-0.3, -0.25) is 0 Å². The van der Waals surface area contributed by atoms with E-state index in [9.17, 15) is 25.2 Å². The van der Waals surface area contributed by atoms with Gasteiger partial charge in [0.1, 0.15) is 6.54 Å². The molecule has 0 aromatic carbocycles. The van der Waals surface area contributed by atoms with E-state index in [0.717, 1.165) is 18.1 Å². The van der Waals surface area contributed by atoms with Crippen molar-refractivity contribution in [3.05, 3.63) is 11.2 Å². The van der Waals surface area contributed by atoms with E-state index in [1.807, 2.05) is 25.2 Å². The van der Waals surface area contributed by atoms with Crippen molar-refractivity contribution in [3.8, 4) is 0 Å². The summed E-state index contributed by atoms with van der Waals surface area (Å²) < 4.78 is 59.2. The number of nitrogens with two attached hydrogens (primary N) is 1. The standard InChI is InChI=1S/C7H15ClN2.F6P/c1-4-9-5-7(8)6-10(2)3;1-7(2,3,4,5)6/h6,9H,4-5H2,1-3H3;/q;-1/p+1/b7-6-;. The first-order chi connectivity index (χ1) is 7.11. The number of rotatable bonds is 4. The minimum atomic E-state index is -10.7. The fraction of sp³-hybridized carbons (Fsp3) is 0.714. The molecule has 0 spiro atoms. The topological polar surface area (TPSA) is 19.9 Å². The zero-order chi connectivity index (χ0) is 14.4. The molecule has 0 aliphatic rings. The van der Waals surface area contributed by atoms with Gasteiger partial charge in [0.2, 0.25) is 0 Å². The van der Waals surface area contributed by atoms with Crippen molar-refractivity contribution >= 4 is 19.4 Å². The number of hydrogen-bond donors (Lipinski definition) is 1. The van der Waals surface area contributed by atoms with E-state index in [1.165, 1.54) is 0 Å². The van der Waals surface area contributed by atoms with Crippen LogP contribution >= 0.6 is 19.4 Å². The van der Waals surface area contributed by atoms with Crippen molar-refractivity contribution in [2.24, 2.45) is 0 Å². The summed E-state index contributed by atoms with van der Waals surface area (Å²) in [6.07, 6.45) is 1.92. The van der Waals surface area contributed by atoms with Gasteiger partial charge in [-0.05, 0) is 6.92 Å². The summed E-state index contributed by atoms with van der Waals surface area (Å²) >= 11 is 5.84. The van der Waals surface area contributed by atoms with E-state index in [4.69, 9.17) is 11.6 Å². The van der Waals surface area contributed by atoms with Crippen LogP contribution in [0, 0.1) is 0 Å². The molecule has 108 valence electrons. The van der Waals surface area contributed by atoms with Crippen LogP contribution in [0.1, 0.15) is 6.92 Å². The Hall–Kier alpha value is -0.200. The molecule has 0 saturated heterocycles. The van der Waals surface area contributed by atoms with Gasteiger partial charge >= 0.3 is 33.0 Å². The van der Waals surface area contributed by atoms with E-state index in [0.29, 0.717) is 0 Å². The van der Waals surface area contributed by atoms with Gasteiger partial charge < -0.3 is 10.2 Å². The van der Waals surface area contributed by atoms with Crippen LogP contribution < -0.4 is 5.32 Å². The molecule has 0 aliphatic carbocycles. The molecule has 0 amide bonds. The third-order valence-electron chi connectivity index (χ3n) is 1.03. The average molecular weight is 309 g/mol. The van der Waals surface area contributed by atoms with E-state index >= 15 is 0 Å². The average Bonchev–Trinajstić information content (AvgIpc) is 1.93. The fourth-order valence-electron chi connectivity index (χ4n) is 0.615. The SMILES string of the molecule is CC[NH2+]C/C(Cl)=C/N(C)C.F[P-](F)(F)(F)(F)F. The van der Waals surface area contributed by atoms with Crippen molar-refractivity contribution in [1.82, 2.24) is 4.90 Å². The van der Waals surface area contributed by atoms with Gasteiger partial charge in [-0.15, -0.1) is 0 Å². The molecule has 0 aromatic rings. The molecule has 0 heterocycles. The summed E-state index contributed by atoms with van der Waals surface area (Å²) in [5.74, 6) is 0. The molecule has 0 fully saturated rings. The summed E-state index contributed by atoms with van der Waals surface area (Å²) in [7, 11) is -6.72. The molecule has 0 bridgehead atoms. The summed E-state index contributed by atoms with van der Waals surface area (Å²) in [5, 5.41) is 3.05. The van der Waals surface area contributed by atoms with Crippen molar-refractivity contribution in [1.29, 1.82) is 0 Å². The van der Waals surface area contributed by atoms with E-state index in [2.05, 4.69) is 12.2 Å². The monoisotopic (exact) mass is 308 g/mol. The number of halogens is 7. The first-order valence-electron chi connectivity index (χ1n) is 4.52. The Morgan fingerprint density at radius 2 is 1.53 bits per heavy atom. The van der Waals surface area contributed by atoms with E-state index < -0.39 is 7.81 Å². The quantitative estimate of drug-likeness (QED) is 0.621.